The molecule has 18 heavy (non-hydrogen) atoms. The Morgan fingerprint density at radius 3 is 1.17 bits per heavy atom. The zero-order valence-corrected chi connectivity index (χ0v) is 10.6. The summed E-state index contributed by atoms with van der Waals surface area (Å²) in [4.78, 5) is 30.3. The molecule has 3 N–H and O–H groups in total. The molecule has 3 aliphatic heterocycles. The fourth-order valence-electron chi connectivity index (χ4n) is 1.52. The molecule has 3 fully saturated rings. The lowest BCUT2D eigenvalue weighted by atomic mass is 10.2. The molecule has 0 unspecified atom stereocenters. The summed E-state index contributed by atoms with van der Waals surface area (Å²) in [6.07, 6.45) is 5.47. The van der Waals surface area contributed by atoms with E-state index in [9.17, 15) is 14.4 Å². The molecule has 3 rings (SSSR count). The third kappa shape index (κ3) is 6.88. The Balaban J connectivity index is 0.000000137. The molecule has 6 nitrogen and oxygen atoms in total. The number of amides is 3. The molecule has 0 saturated carbocycles. The van der Waals surface area contributed by atoms with E-state index >= 15 is 0 Å². The largest absolute Gasteiger partial charge is 0.356 e. The quantitative estimate of drug-likeness (QED) is 0.519. The topological polar surface area (TPSA) is 87.3 Å². The van der Waals surface area contributed by atoms with Crippen LogP contribution in [0, 0.1) is 0 Å². The molecule has 102 valence electrons. The number of β-lactam (4-membered cyclic amide) rings is 1. The number of nitrogens with one attached hydrogen (secondary N) is 3. The SMILES string of the molecule is O=C1CCCCN1.O=C1CCCN1.O=C1CCN1. The van der Waals surface area contributed by atoms with Crippen LogP contribution in [0.1, 0.15) is 38.5 Å². The molecule has 3 saturated heterocycles. The number of hydrogen-bond acceptors (Lipinski definition) is 3. The summed E-state index contributed by atoms with van der Waals surface area (Å²) in [6.45, 7) is 2.66. The average Bonchev–Trinajstić information content (AvgIpc) is 2.80. The molecule has 0 aromatic carbocycles. The molecule has 0 aromatic heterocycles. The lowest BCUT2D eigenvalue weighted by Crippen LogP contribution is -2.37. The van der Waals surface area contributed by atoms with Gasteiger partial charge in [0, 0.05) is 38.9 Å². The van der Waals surface area contributed by atoms with Crippen molar-refractivity contribution >= 4 is 17.7 Å². The van der Waals surface area contributed by atoms with Gasteiger partial charge in [0.05, 0.1) is 0 Å². The summed E-state index contributed by atoms with van der Waals surface area (Å²) < 4.78 is 0. The van der Waals surface area contributed by atoms with Gasteiger partial charge in [0.15, 0.2) is 0 Å². The van der Waals surface area contributed by atoms with Gasteiger partial charge in [-0.15, -0.1) is 0 Å². The van der Waals surface area contributed by atoms with Crippen LogP contribution in [0.15, 0.2) is 0 Å². The van der Waals surface area contributed by atoms with Crippen molar-refractivity contribution < 1.29 is 14.4 Å². The maximum Gasteiger partial charge on any atom is 0.221 e. The van der Waals surface area contributed by atoms with Crippen LogP contribution < -0.4 is 16.0 Å². The minimum atomic E-state index is 0.185. The first-order chi connectivity index (χ1) is 8.68. The summed E-state index contributed by atoms with van der Waals surface area (Å²) in [6, 6.07) is 0. The third-order valence-electron chi connectivity index (χ3n) is 2.73. The minimum Gasteiger partial charge on any atom is -0.356 e. The second kappa shape index (κ2) is 8.49. The highest BCUT2D eigenvalue weighted by atomic mass is 16.2. The lowest BCUT2D eigenvalue weighted by Gasteiger charge is -2.10. The Bertz CT molecular complexity index is 283. The third-order valence-corrected chi connectivity index (χ3v) is 2.73. The van der Waals surface area contributed by atoms with Crippen molar-refractivity contribution in [3.8, 4) is 0 Å². The normalized spacial score (nSPS) is 21.0. The highest BCUT2D eigenvalue weighted by molar-refractivity contribution is 5.81. The molecule has 3 heterocycles. The van der Waals surface area contributed by atoms with E-state index in [0.717, 1.165) is 58.2 Å². The van der Waals surface area contributed by atoms with Gasteiger partial charge >= 0.3 is 0 Å². The van der Waals surface area contributed by atoms with Crippen LogP contribution in [0.4, 0.5) is 0 Å². The summed E-state index contributed by atoms with van der Waals surface area (Å²) in [5.41, 5.74) is 0. The number of carbonyl (C=O) groups excluding carboxylic acids is 3. The lowest BCUT2D eigenvalue weighted by molar-refractivity contribution is -0.125. The van der Waals surface area contributed by atoms with Crippen LogP contribution in [0.3, 0.4) is 0 Å². The van der Waals surface area contributed by atoms with Crippen molar-refractivity contribution in [3.05, 3.63) is 0 Å². The van der Waals surface area contributed by atoms with Crippen molar-refractivity contribution in [1.29, 1.82) is 0 Å². The van der Waals surface area contributed by atoms with Gasteiger partial charge in [0.2, 0.25) is 17.7 Å². The molecular formula is C12H21N3O3. The molecule has 0 radical (unpaired) electrons. The van der Waals surface area contributed by atoms with E-state index in [1.807, 2.05) is 0 Å². The fraction of sp³-hybridized carbons (Fsp3) is 0.750. The van der Waals surface area contributed by atoms with Crippen LogP contribution >= 0.6 is 0 Å². The van der Waals surface area contributed by atoms with Crippen LogP contribution in [0.5, 0.6) is 0 Å². The molecule has 3 amide bonds. The van der Waals surface area contributed by atoms with Crippen molar-refractivity contribution in [1.82, 2.24) is 16.0 Å². The van der Waals surface area contributed by atoms with E-state index in [0.29, 0.717) is 0 Å². The van der Waals surface area contributed by atoms with E-state index in [1.54, 1.807) is 0 Å². The fourth-order valence-corrected chi connectivity index (χ4v) is 1.52. The van der Waals surface area contributed by atoms with Gasteiger partial charge in [-0.25, -0.2) is 0 Å². The molecule has 0 aromatic rings. The maximum atomic E-state index is 10.4. The van der Waals surface area contributed by atoms with E-state index in [-0.39, 0.29) is 17.7 Å². The summed E-state index contributed by atoms with van der Waals surface area (Å²) in [5.74, 6) is 0.603. The van der Waals surface area contributed by atoms with Crippen molar-refractivity contribution in [2.75, 3.05) is 19.6 Å². The highest BCUT2D eigenvalue weighted by Crippen LogP contribution is 1.98. The first kappa shape index (κ1) is 14.5. The van der Waals surface area contributed by atoms with E-state index in [4.69, 9.17) is 0 Å². The van der Waals surface area contributed by atoms with Gasteiger partial charge in [-0.2, -0.15) is 0 Å². The number of piperidine rings is 1. The standard InChI is InChI=1S/C5H9NO.C4H7NO.C3H5NO/c7-5-3-1-2-4-6-5;6-4-2-1-3-5-4;5-3-1-2-4-3/h1-4H2,(H,6,7);1-3H2,(H,5,6);1-2H2,(H,4,5). The smallest absolute Gasteiger partial charge is 0.221 e. The van der Waals surface area contributed by atoms with Gasteiger partial charge in [-0.3, -0.25) is 14.4 Å². The van der Waals surface area contributed by atoms with Gasteiger partial charge in [0.1, 0.15) is 0 Å². The molecule has 0 spiro atoms. The Hall–Kier alpha value is -1.59. The zero-order valence-electron chi connectivity index (χ0n) is 10.6. The number of rotatable bonds is 0. The van der Waals surface area contributed by atoms with Crippen LogP contribution in [-0.4, -0.2) is 37.4 Å². The Morgan fingerprint density at radius 1 is 0.556 bits per heavy atom. The van der Waals surface area contributed by atoms with E-state index < -0.39 is 0 Å². The average molecular weight is 255 g/mol. The highest BCUT2D eigenvalue weighted by Gasteiger charge is 2.07. The van der Waals surface area contributed by atoms with Crippen LogP contribution in [0.2, 0.25) is 0 Å². The molecular weight excluding hydrogens is 234 g/mol. The predicted octanol–water partition coefficient (Wildman–Crippen LogP) is -0.311. The second-order valence-electron chi connectivity index (χ2n) is 4.36. The number of carbonyl (C=O) groups is 3. The predicted molar refractivity (Wildman–Crippen MR) is 66.7 cm³/mol. The van der Waals surface area contributed by atoms with Gasteiger partial charge in [-0.1, -0.05) is 0 Å². The van der Waals surface area contributed by atoms with E-state index in [2.05, 4.69) is 16.0 Å². The molecule has 0 atom stereocenters. The number of hydrogen-bond donors (Lipinski definition) is 3. The zero-order chi connectivity index (χ0) is 13.2. The van der Waals surface area contributed by atoms with Crippen LogP contribution in [0.25, 0.3) is 0 Å². The second-order valence-corrected chi connectivity index (χ2v) is 4.36. The molecule has 0 aliphatic carbocycles. The molecule has 6 heteroatoms. The summed E-state index contributed by atoms with van der Waals surface area (Å²) in [5, 5.41) is 7.99. The maximum absolute atomic E-state index is 10.4. The first-order valence-corrected chi connectivity index (χ1v) is 6.48. The van der Waals surface area contributed by atoms with Crippen molar-refractivity contribution in [2.24, 2.45) is 0 Å². The Morgan fingerprint density at radius 2 is 1.00 bits per heavy atom. The van der Waals surface area contributed by atoms with Crippen molar-refractivity contribution in [2.45, 2.75) is 38.5 Å². The van der Waals surface area contributed by atoms with Crippen LogP contribution in [-0.2, 0) is 14.4 Å². The summed E-state index contributed by atoms with van der Waals surface area (Å²) in [7, 11) is 0. The minimum absolute atomic E-state index is 0.185. The Kier molecular flexibility index (Phi) is 6.83. The monoisotopic (exact) mass is 255 g/mol. The molecule has 3 aliphatic rings. The van der Waals surface area contributed by atoms with Crippen molar-refractivity contribution in [3.63, 3.8) is 0 Å². The molecule has 0 bridgehead atoms. The van der Waals surface area contributed by atoms with Gasteiger partial charge in [-0.05, 0) is 19.3 Å². The van der Waals surface area contributed by atoms with Gasteiger partial charge in [0.25, 0.3) is 0 Å². The first-order valence-electron chi connectivity index (χ1n) is 6.48. The Labute approximate surface area is 107 Å². The van der Waals surface area contributed by atoms with E-state index in [1.165, 1.54) is 0 Å². The van der Waals surface area contributed by atoms with Gasteiger partial charge < -0.3 is 16.0 Å². The summed E-state index contributed by atoms with van der Waals surface area (Å²) >= 11 is 0.